The Bertz CT molecular complexity index is 962. The molecular weight excluding hydrogens is 426 g/mol. The van der Waals surface area contributed by atoms with Gasteiger partial charge in [-0.2, -0.15) is 0 Å². The molecule has 2 aliphatic rings. The maximum absolute atomic E-state index is 13.2. The lowest BCUT2D eigenvalue weighted by Crippen LogP contribution is -2.35. The normalized spacial score (nSPS) is 19.6. The first-order valence-electron chi connectivity index (χ1n) is 8.75. The van der Waals surface area contributed by atoms with Gasteiger partial charge in [0.2, 0.25) is 0 Å². The van der Waals surface area contributed by atoms with Gasteiger partial charge in [0.1, 0.15) is 5.82 Å². The second-order valence-corrected chi connectivity index (χ2v) is 8.49. The molecule has 1 aliphatic carbocycles. The number of nitrogens with zero attached hydrogens (tertiary/aromatic N) is 1. The van der Waals surface area contributed by atoms with Gasteiger partial charge in [-0.25, -0.2) is 4.98 Å². The lowest BCUT2D eigenvalue weighted by molar-refractivity contribution is -0.116. The van der Waals surface area contributed by atoms with Gasteiger partial charge in [-0.1, -0.05) is 6.07 Å². The zero-order chi connectivity index (χ0) is 19.0. The van der Waals surface area contributed by atoms with E-state index in [1.165, 1.54) is 0 Å². The highest BCUT2D eigenvalue weighted by atomic mass is 79.9. The van der Waals surface area contributed by atoms with Crippen LogP contribution in [0, 0.1) is 0 Å². The summed E-state index contributed by atoms with van der Waals surface area (Å²) >= 11 is 4.91. The minimum Gasteiger partial charge on any atom is -0.362 e. The summed E-state index contributed by atoms with van der Waals surface area (Å²) in [5, 5.41) is 8.17. The molecule has 1 aliphatic heterocycles. The maximum atomic E-state index is 13.2. The van der Waals surface area contributed by atoms with E-state index in [1.807, 2.05) is 30.5 Å². The van der Waals surface area contributed by atoms with Crippen LogP contribution in [0.2, 0.25) is 0 Å². The highest BCUT2D eigenvalue weighted by Gasteiger charge is 2.38. The molecule has 2 N–H and O–H groups in total. The maximum Gasteiger partial charge on any atom is 0.255 e. The van der Waals surface area contributed by atoms with Crippen LogP contribution >= 0.6 is 27.3 Å². The van der Waals surface area contributed by atoms with Crippen LogP contribution in [0.4, 0.5) is 5.82 Å². The third kappa shape index (κ3) is 3.49. The van der Waals surface area contributed by atoms with E-state index in [0.29, 0.717) is 17.8 Å². The zero-order valence-corrected chi connectivity index (χ0v) is 17.1. The number of ketones is 1. The fraction of sp³-hybridized carbons (Fsp3) is 0.250. The number of hydrogen-bond acceptors (Lipinski definition) is 5. The molecule has 27 heavy (non-hydrogen) atoms. The van der Waals surface area contributed by atoms with Crippen molar-refractivity contribution in [2.45, 2.75) is 32.1 Å². The van der Waals surface area contributed by atoms with Crippen molar-refractivity contribution < 1.29 is 9.59 Å². The molecule has 0 spiro atoms. The van der Waals surface area contributed by atoms with Gasteiger partial charge in [0, 0.05) is 44.5 Å². The molecule has 0 radical (unpaired) electrons. The van der Waals surface area contributed by atoms with Crippen molar-refractivity contribution in [2.75, 3.05) is 5.32 Å². The SMILES string of the molecule is CC1=C(C(=O)Nc2ccc(Br)cn2)[C@H](c2cccs2)C2=C(CCCC2=O)N1. The van der Waals surface area contributed by atoms with E-state index >= 15 is 0 Å². The number of aromatic nitrogens is 1. The summed E-state index contributed by atoms with van der Waals surface area (Å²) in [7, 11) is 0. The van der Waals surface area contributed by atoms with Crippen molar-refractivity contribution >= 4 is 44.8 Å². The fourth-order valence-electron chi connectivity index (χ4n) is 3.66. The van der Waals surface area contributed by atoms with Crippen molar-refractivity contribution in [2.24, 2.45) is 0 Å². The van der Waals surface area contributed by atoms with Gasteiger partial charge < -0.3 is 10.6 Å². The third-order valence-corrected chi connectivity index (χ3v) is 6.22. The number of dihydropyridines is 1. The number of amides is 1. The van der Waals surface area contributed by atoms with E-state index in [4.69, 9.17) is 0 Å². The van der Waals surface area contributed by atoms with Gasteiger partial charge in [-0.05, 0) is 59.3 Å². The minimum absolute atomic E-state index is 0.127. The molecule has 4 rings (SSSR count). The summed E-state index contributed by atoms with van der Waals surface area (Å²) in [6, 6.07) is 7.51. The minimum atomic E-state index is -0.329. The van der Waals surface area contributed by atoms with Gasteiger partial charge >= 0.3 is 0 Å². The largest absolute Gasteiger partial charge is 0.362 e. The molecule has 0 aromatic carbocycles. The van der Waals surface area contributed by atoms with E-state index in [1.54, 1.807) is 23.6 Å². The molecule has 0 saturated carbocycles. The monoisotopic (exact) mass is 443 g/mol. The molecule has 2 aromatic heterocycles. The number of hydrogen-bond donors (Lipinski definition) is 2. The smallest absolute Gasteiger partial charge is 0.255 e. The molecule has 0 saturated heterocycles. The number of thiophene rings is 1. The van der Waals surface area contributed by atoms with Crippen molar-refractivity contribution in [1.29, 1.82) is 0 Å². The van der Waals surface area contributed by atoms with Crippen molar-refractivity contribution in [1.82, 2.24) is 10.3 Å². The Morgan fingerprint density at radius 1 is 1.33 bits per heavy atom. The highest BCUT2D eigenvalue weighted by molar-refractivity contribution is 9.10. The number of carbonyl (C=O) groups excluding carboxylic acids is 2. The van der Waals surface area contributed by atoms with Crippen molar-refractivity contribution in [3.8, 4) is 0 Å². The third-order valence-electron chi connectivity index (χ3n) is 4.82. The summed E-state index contributed by atoms with van der Waals surface area (Å²) in [5.41, 5.74) is 3.07. The molecule has 1 atom stereocenters. The molecule has 7 heteroatoms. The predicted octanol–water partition coefficient (Wildman–Crippen LogP) is 4.51. The second-order valence-electron chi connectivity index (χ2n) is 6.60. The van der Waals surface area contributed by atoms with Crippen LogP contribution in [0.15, 0.2) is 62.9 Å². The number of rotatable bonds is 3. The topological polar surface area (TPSA) is 71.1 Å². The number of Topliss-reactive ketones (excluding diaryl/α,β-unsaturated/α-hetero) is 1. The van der Waals surface area contributed by atoms with E-state index in [2.05, 4.69) is 31.5 Å². The molecule has 0 fully saturated rings. The average Bonchev–Trinajstić information content (AvgIpc) is 3.17. The molecule has 5 nitrogen and oxygen atoms in total. The molecule has 1 amide bonds. The Labute approximate surface area is 169 Å². The van der Waals surface area contributed by atoms with Gasteiger partial charge in [0.15, 0.2) is 5.78 Å². The molecule has 2 aromatic rings. The fourth-order valence-corrected chi connectivity index (χ4v) is 4.74. The first-order chi connectivity index (χ1) is 13.0. The first kappa shape index (κ1) is 18.1. The summed E-state index contributed by atoms with van der Waals surface area (Å²) in [5.74, 6) is 0.0348. The van der Waals surface area contributed by atoms with Crippen LogP contribution in [0.1, 0.15) is 37.0 Å². The standard InChI is InChI=1S/C20H18BrN3O2S/c1-11-17(20(26)24-16-8-7-12(21)10-22-16)19(15-6-3-9-27-15)18-13(23-11)4-2-5-14(18)25/h3,6-10,19,23H,2,4-5H2,1H3,(H,22,24,26)/t19-/m0/s1. The Morgan fingerprint density at radius 3 is 2.89 bits per heavy atom. The molecule has 138 valence electrons. The number of halogens is 1. The van der Waals surface area contributed by atoms with E-state index in [0.717, 1.165) is 39.2 Å². The van der Waals surface area contributed by atoms with Crippen LogP contribution in [-0.2, 0) is 9.59 Å². The number of nitrogens with one attached hydrogen (secondary N) is 2. The van der Waals surface area contributed by atoms with Gasteiger partial charge in [-0.15, -0.1) is 11.3 Å². The number of carbonyl (C=O) groups is 2. The first-order valence-corrected chi connectivity index (χ1v) is 10.4. The van der Waals surface area contributed by atoms with Crippen molar-refractivity contribution in [3.05, 3.63) is 67.7 Å². The zero-order valence-electron chi connectivity index (χ0n) is 14.7. The van der Waals surface area contributed by atoms with Crippen LogP contribution in [0.25, 0.3) is 0 Å². The van der Waals surface area contributed by atoms with E-state index in [9.17, 15) is 9.59 Å². The number of pyridine rings is 1. The van der Waals surface area contributed by atoms with E-state index < -0.39 is 0 Å². The quantitative estimate of drug-likeness (QED) is 0.731. The van der Waals surface area contributed by atoms with Crippen LogP contribution in [0.3, 0.4) is 0 Å². The molecule has 0 unspecified atom stereocenters. The van der Waals surface area contributed by atoms with Gasteiger partial charge in [-0.3, -0.25) is 9.59 Å². The Hall–Kier alpha value is -2.25. The summed E-state index contributed by atoms with van der Waals surface area (Å²) in [6.45, 7) is 1.90. The van der Waals surface area contributed by atoms with Crippen LogP contribution < -0.4 is 10.6 Å². The number of allylic oxidation sites excluding steroid dienone is 3. The highest BCUT2D eigenvalue weighted by Crippen LogP contribution is 2.43. The average molecular weight is 444 g/mol. The van der Waals surface area contributed by atoms with Gasteiger partial charge in [0.05, 0.1) is 5.92 Å². The molecule has 3 heterocycles. The lowest BCUT2D eigenvalue weighted by Gasteiger charge is -2.33. The summed E-state index contributed by atoms with van der Waals surface area (Å²) in [4.78, 5) is 31.1. The molecular formula is C20H18BrN3O2S. The predicted molar refractivity (Wildman–Crippen MR) is 109 cm³/mol. The Balaban J connectivity index is 1.74. The lowest BCUT2D eigenvalue weighted by atomic mass is 9.77. The van der Waals surface area contributed by atoms with Crippen molar-refractivity contribution in [3.63, 3.8) is 0 Å². The second kappa shape index (κ2) is 7.40. The number of anilines is 1. The van der Waals surface area contributed by atoms with Crippen LogP contribution in [-0.4, -0.2) is 16.7 Å². The Kier molecular flexibility index (Phi) is 4.97. The van der Waals surface area contributed by atoms with Gasteiger partial charge in [0.25, 0.3) is 5.91 Å². The Morgan fingerprint density at radius 2 is 2.19 bits per heavy atom. The molecule has 0 bridgehead atoms. The summed E-state index contributed by atoms with van der Waals surface area (Å²) in [6.07, 6.45) is 3.85. The van der Waals surface area contributed by atoms with Crippen LogP contribution in [0.5, 0.6) is 0 Å². The van der Waals surface area contributed by atoms with E-state index in [-0.39, 0.29) is 17.6 Å². The summed E-state index contributed by atoms with van der Waals surface area (Å²) < 4.78 is 0.842.